The van der Waals surface area contributed by atoms with Gasteiger partial charge in [0.15, 0.2) is 0 Å². The molecule has 0 fully saturated rings. The predicted octanol–water partition coefficient (Wildman–Crippen LogP) is 4.24. The first-order valence-corrected chi connectivity index (χ1v) is 8.30. The van der Waals surface area contributed by atoms with Crippen LogP contribution in [-0.4, -0.2) is 42.2 Å². The summed E-state index contributed by atoms with van der Waals surface area (Å²) in [7, 11) is 1.17. The summed E-state index contributed by atoms with van der Waals surface area (Å²) in [5.41, 5.74) is -2.75. The maximum absolute atomic E-state index is 13.0. The lowest BCUT2D eigenvalue weighted by Crippen LogP contribution is -2.37. The van der Waals surface area contributed by atoms with Gasteiger partial charge in [0.1, 0.15) is 18.5 Å². The second-order valence-corrected chi connectivity index (χ2v) is 6.19. The molecule has 29 heavy (non-hydrogen) atoms. The zero-order chi connectivity index (χ0) is 21.8. The van der Waals surface area contributed by atoms with Gasteiger partial charge in [0, 0.05) is 13.6 Å². The van der Waals surface area contributed by atoms with E-state index in [2.05, 4.69) is 0 Å². The average Bonchev–Trinajstić information content (AvgIpc) is 2.64. The molecule has 1 atom stereocenters. The molecule has 0 aromatic heterocycles. The van der Waals surface area contributed by atoms with Crippen LogP contribution in [0.25, 0.3) is 0 Å². The van der Waals surface area contributed by atoms with Gasteiger partial charge in [-0.15, -0.1) is 0 Å². The first kappa shape index (κ1) is 22.5. The molecule has 0 aliphatic rings. The van der Waals surface area contributed by atoms with Crippen LogP contribution in [0.15, 0.2) is 48.5 Å². The van der Waals surface area contributed by atoms with E-state index < -0.39 is 60.0 Å². The maximum atomic E-state index is 13.0. The molecular formula is C19H17F6NO3. The third-order valence-corrected chi connectivity index (χ3v) is 3.92. The largest absolute Gasteiger partial charge is 0.490 e. The minimum atomic E-state index is -4.74. The van der Waals surface area contributed by atoms with Crippen LogP contribution < -0.4 is 4.74 Å². The topological polar surface area (TPSA) is 49.8 Å². The number of hydrogen-bond acceptors (Lipinski definition) is 3. The number of aliphatic hydroxyl groups is 1. The van der Waals surface area contributed by atoms with Crippen LogP contribution in [0.4, 0.5) is 26.3 Å². The molecule has 0 saturated carbocycles. The van der Waals surface area contributed by atoms with Crippen molar-refractivity contribution in [1.29, 1.82) is 0 Å². The highest BCUT2D eigenvalue weighted by Gasteiger charge is 2.36. The van der Waals surface area contributed by atoms with Crippen LogP contribution in [0.2, 0.25) is 0 Å². The molecule has 10 heteroatoms. The van der Waals surface area contributed by atoms with Gasteiger partial charge in [-0.2, -0.15) is 26.3 Å². The van der Waals surface area contributed by atoms with Crippen molar-refractivity contribution in [2.24, 2.45) is 0 Å². The number of para-hydroxylation sites is 1. The standard InChI is InChI=1S/C19H17F6NO3/c1-26(17(28)13-6-2-3-7-14(13)18(20,21)22)10-12(27)11-29-16-9-5-4-8-15(16)19(23,24)25/h2-9,12,27H,10-11H2,1H3. The maximum Gasteiger partial charge on any atom is 0.419 e. The third kappa shape index (κ3) is 5.86. The number of alkyl halides is 6. The molecule has 1 amide bonds. The first-order chi connectivity index (χ1) is 13.4. The second-order valence-electron chi connectivity index (χ2n) is 6.19. The van der Waals surface area contributed by atoms with Gasteiger partial charge in [-0.05, 0) is 24.3 Å². The van der Waals surface area contributed by atoms with E-state index in [9.17, 15) is 36.2 Å². The van der Waals surface area contributed by atoms with Crippen LogP contribution in [0.1, 0.15) is 21.5 Å². The first-order valence-electron chi connectivity index (χ1n) is 8.30. The molecule has 2 aromatic rings. The Morgan fingerprint density at radius 3 is 2.07 bits per heavy atom. The van der Waals surface area contributed by atoms with Crippen molar-refractivity contribution in [3.8, 4) is 5.75 Å². The Kier molecular flexibility index (Phi) is 6.78. The van der Waals surface area contributed by atoms with Crippen molar-refractivity contribution >= 4 is 5.91 Å². The van der Waals surface area contributed by atoms with Crippen molar-refractivity contribution in [2.75, 3.05) is 20.2 Å². The van der Waals surface area contributed by atoms with Crippen molar-refractivity contribution in [2.45, 2.75) is 18.5 Å². The molecule has 0 aliphatic carbocycles. The molecular weight excluding hydrogens is 404 g/mol. The van der Waals surface area contributed by atoms with Crippen molar-refractivity contribution in [3.05, 3.63) is 65.2 Å². The lowest BCUT2D eigenvalue weighted by Gasteiger charge is -2.23. The van der Waals surface area contributed by atoms with Gasteiger partial charge in [-0.25, -0.2) is 0 Å². The lowest BCUT2D eigenvalue weighted by molar-refractivity contribution is -0.139. The number of likely N-dealkylation sites (N-methyl/N-ethyl adjacent to an activating group) is 1. The highest BCUT2D eigenvalue weighted by Crippen LogP contribution is 2.36. The Morgan fingerprint density at radius 1 is 0.966 bits per heavy atom. The number of benzene rings is 2. The van der Waals surface area contributed by atoms with Gasteiger partial charge in [0.2, 0.25) is 0 Å². The monoisotopic (exact) mass is 421 g/mol. The second kappa shape index (κ2) is 8.73. The van der Waals surface area contributed by atoms with Crippen LogP contribution in [0.5, 0.6) is 5.75 Å². The normalized spacial score (nSPS) is 13.1. The van der Waals surface area contributed by atoms with E-state index in [0.29, 0.717) is 0 Å². The minimum Gasteiger partial charge on any atom is -0.490 e. The smallest absolute Gasteiger partial charge is 0.419 e. The molecule has 0 aliphatic heterocycles. The number of carbonyl (C=O) groups is 1. The number of rotatable bonds is 6. The average molecular weight is 421 g/mol. The van der Waals surface area contributed by atoms with E-state index in [0.717, 1.165) is 35.2 Å². The number of nitrogens with zero attached hydrogens (tertiary/aromatic N) is 1. The third-order valence-electron chi connectivity index (χ3n) is 3.92. The quantitative estimate of drug-likeness (QED) is 0.710. The predicted molar refractivity (Wildman–Crippen MR) is 91.4 cm³/mol. The zero-order valence-electron chi connectivity index (χ0n) is 15.1. The van der Waals surface area contributed by atoms with E-state index in [1.807, 2.05) is 0 Å². The summed E-state index contributed by atoms with van der Waals surface area (Å²) in [5, 5.41) is 9.98. The van der Waals surface area contributed by atoms with E-state index in [1.54, 1.807) is 0 Å². The molecule has 4 nitrogen and oxygen atoms in total. The van der Waals surface area contributed by atoms with E-state index in [1.165, 1.54) is 25.2 Å². The molecule has 1 N–H and O–H groups in total. The lowest BCUT2D eigenvalue weighted by atomic mass is 10.1. The van der Waals surface area contributed by atoms with Crippen LogP contribution >= 0.6 is 0 Å². The van der Waals surface area contributed by atoms with E-state index in [4.69, 9.17) is 4.74 Å². The summed E-state index contributed by atoms with van der Waals surface area (Å²) in [6, 6.07) is 8.55. The molecule has 0 heterocycles. The van der Waals surface area contributed by atoms with Gasteiger partial charge in [-0.1, -0.05) is 24.3 Å². The summed E-state index contributed by atoms with van der Waals surface area (Å²) in [6.45, 7) is -1.04. The molecule has 1 unspecified atom stereocenters. The van der Waals surface area contributed by atoms with Gasteiger partial charge in [0.05, 0.1) is 16.7 Å². The molecule has 2 rings (SSSR count). The summed E-state index contributed by atoms with van der Waals surface area (Å²) in [6.07, 6.45) is -10.8. The molecule has 158 valence electrons. The van der Waals surface area contributed by atoms with Crippen LogP contribution in [0, 0.1) is 0 Å². The number of ether oxygens (including phenoxy) is 1. The van der Waals surface area contributed by atoms with Crippen molar-refractivity contribution in [1.82, 2.24) is 4.90 Å². The highest BCUT2D eigenvalue weighted by atomic mass is 19.4. The number of carbonyl (C=O) groups excluding carboxylic acids is 1. The Morgan fingerprint density at radius 2 is 1.48 bits per heavy atom. The van der Waals surface area contributed by atoms with Gasteiger partial charge in [0.25, 0.3) is 5.91 Å². The number of aliphatic hydroxyl groups excluding tert-OH is 1. The van der Waals surface area contributed by atoms with Crippen LogP contribution in [-0.2, 0) is 12.4 Å². The minimum absolute atomic E-state index is 0.445. The molecule has 0 spiro atoms. The number of hydrogen-bond donors (Lipinski definition) is 1. The summed E-state index contributed by atoms with van der Waals surface area (Å²) in [4.78, 5) is 13.2. The molecule has 2 aromatic carbocycles. The Hall–Kier alpha value is -2.75. The van der Waals surface area contributed by atoms with Gasteiger partial charge >= 0.3 is 12.4 Å². The molecule has 0 bridgehead atoms. The number of halogens is 6. The van der Waals surface area contributed by atoms with Crippen molar-refractivity contribution < 1.29 is 41.0 Å². The Labute approximate surface area is 162 Å². The van der Waals surface area contributed by atoms with Crippen LogP contribution in [0.3, 0.4) is 0 Å². The van der Waals surface area contributed by atoms with E-state index in [-0.39, 0.29) is 0 Å². The van der Waals surface area contributed by atoms with Crippen molar-refractivity contribution in [3.63, 3.8) is 0 Å². The molecule has 0 radical (unpaired) electrons. The Balaban J connectivity index is 2.04. The fourth-order valence-electron chi connectivity index (χ4n) is 2.59. The summed E-state index contributed by atoms with van der Waals surface area (Å²) < 4.78 is 82.9. The summed E-state index contributed by atoms with van der Waals surface area (Å²) in [5.74, 6) is -1.50. The highest BCUT2D eigenvalue weighted by molar-refractivity contribution is 5.95. The SMILES string of the molecule is CN(CC(O)COc1ccccc1C(F)(F)F)C(=O)c1ccccc1C(F)(F)F. The number of amides is 1. The molecule has 0 saturated heterocycles. The summed E-state index contributed by atoms with van der Waals surface area (Å²) >= 11 is 0. The fourth-order valence-corrected chi connectivity index (χ4v) is 2.59. The van der Waals surface area contributed by atoms with E-state index >= 15 is 0 Å². The zero-order valence-corrected chi connectivity index (χ0v) is 15.1. The van der Waals surface area contributed by atoms with Gasteiger partial charge in [-0.3, -0.25) is 4.79 Å². The Bertz CT molecular complexity index is 850. The van der Waals surface area contributed by atoms with Gasteiger partial charge < -0.3 is 14.7 Å². The fraction of sp³-hybridized carbons (Fsp3) is 0.316.